The van der Waals surface area contributed by atoms with Crippen molar-refractivity contribution in [3.05, 3.63) is 46.2 Å². The maximum Gasteiger partial charge on any atom is 0.207 e. The molecule has 0 aliphatic rings. The number of hydrogen-bond acceptors (Lipinski definition) is 4. The number of hydrogen-bond donors (Lipinski definition) is 1. The minimum Gasteiger partial charge on any atom is -0.315 e. The lowest BCUT2D eigenvalue weighted by molar-refractivity contribution is 0.0889. The molecule has 0 bridgehead atoms. The Morgan fingerprint density at radius 2 is 2.00 bits per heavy atom. The maximum absolute atomic E-state index is 12.5. The highest BCUT2D eigenvalue weighted by Crippen LogP contribution is 2.25. The van der Waals surface area contributed by atoms with Gasteiger partial charge in [-0.2, -0.15) is 0 Å². The van der Waals surface area contributed by atoms with Gasteiger partial charge in [-0.3, -0.25) is 4.79 Å². The molecule has 2 rings (SSSR count). The van der Waals surface area contributed by atoms with Crippen molar-refractivity contribution in [1.82, 2.24) is 15.0 Å². The van der Waals surface area contributed by atoms with Gasteiger partial charge in [-0.1, -0.05) is 35.5 Å². The third kappa shape index (κ3) is 2.09. The number of benzene rings is 1. The second kappa shape index (κ2) is 4.62. The van der Waals surface area contributed by atoms with Crippen LogP contribution in [-0.4, -0.2) is 20.8 Å². The minimum absolute atomic E-state index is 0.229. The molecule has 0 saturated carbocycles. The second-order valence-corrected chi connectivity index (χ2v) is 5.00. The number of nitrogens with two attached hydrogens (primary N) is 1. The number of carbonyl (C=O) groups excluding carboxylic acids is 1. The zero-order valence-electron chi connectivity index (χ0n) is 10.1. The standard InChI is InChI=1S/C12H13BrN4O/c1-12(14,8-6-4-3-5-7-8)10(18)9-11(13)15-16-17(9)2/h3-7H,14H2,1-2H3. The first kappa shape index (κ1) is 12.9. The third-order valence-corrected chi connectivity index (χ3v) is 3.38. The molecule has 5 nitrogen and oxygen atoms in total. The first-order chi connectivity index (χ1) is 8.44. The molecule has 0 fully saturated rings. The van der Waals surface area contributed by atoms with Gasteiger partial charge in [-0.25, -0.2) is 4.68 Å². The molecule has 1 heterocycles. The molecule has 1 aromatic heterocycles. The Morgan fingerprint density at radius 3 is 2.50 bits per heavy atom. The van der Waals surface area contributed by atoms with Crippen LogP contribution < -0.4 is 5.73 Å². The van der Waals surface area contributed by atoms with E-state index in [-0.39, 0.29) is 5.78 Å². The number of Topliss-reactive ketones (excluding diaryl/α,β-unsaturated/α-hetero) is 1. The molecule has 0 spiro atoms. The summed E-state index contributed by atoms with van der Waals surface area (Å²) >= 11 is 3.21. The number of nitrogens with zero attached hydrogens (tertiary/aromatic N) is 3. The Labute approximate surface area is 113 Å². The number of halogens is 1. The van der Waals surface area contributed by atoms with E-state index in [0.717, 1.165) is 5.56 Å². The lowest BCUT2D eigenvalue weighted by atomic mass is 9.87. The molecule has 0 amide bonds. The molecule has 2 N–H and O–H groups in total. The van der Waals surface area contributed by atoms with Gasteiger partial charge < -0.3 is 5.73 Å². The van der Waals surface area contributed by atoms with E-state index in [1.807, 2.05) is 30.3 Å². The quantitative estimate of drug-likeness (QED) is 0.875. The van der Waals surface area contributed by atoms with E-state index >= 15 is 0 Å². The summed E-state index contributed by atoms with van der Waals surface area (Å²) in [4.78, 5) is 12.5. The molecule has 0 saturated heterocycles. The Kier molecular flexibility index (Phi) is 3.32. The van der Waals surface area contributed by atoms with Crippen LogP contribution in [0.4, 0.5) is 0 Å². The highest BCUT2D eigenvalue weighted by molar-refractivity contribution is 9.10. The first-order valence-electron chi connectivity index (χ1n) is 5.39. The van der Waals surface area contributed by atoms with E-state index < -0.39 is 5.54 Å². The van der Waals surface area contributed by atoms with E-state index in [1.54, 1.807) is 14.0 Å². The Balaban J connectivity index is 2.46. The predicted octanol–water partition coefficient (Wildman–Crippen LogP) is 1.63. The fraction of sp³-hybridized carbons (Fsp3) is 0.250. The largest absolute Gasteiger partial charge is 0.315 e. The lowest BCUT2D eigenvalue weighted by Gasteiger charge is -2.23. The van der Waals surface area contributed by atoms with Crippen LogP contribution in [0, 0.1) is 0 Å². The van der Waals surface area contributed by atoms with Crippen LogP contribution in [0.3, 0.4) is 0 Å². The summed E-state index contributed by atoms with van der Waals surface area (Å²) < 4.78 is 1.82. The summed E-state index contributed by atoms with van der Waals surface area (Å²) in [6.45, 7) is 1.68. The van der Waals surface area contributed by atoms with Gasteiger partial charge in [0.1, 0.15) is 11.2 Å². The maximum atomic E-state index is 12.5. The van der Waals surface area contributed by atoms with Crippen molar-refractivity contribution in [2.24, 2.45) is 12.8 Å². The van der Waals surface area contributed by atoms with Crippen molar-refractivity contribution in [3.63, 3.8) is 0 Å². The van der Waals surface area contributed by atoms with E-state index in [0.29, 0.717) is 10.3 Å². The lowest BCUT2D eigenvalue weighted by Crippen LogP contribution is -2.42. The molecule has 0 radical (unpaired) electrons. The van der Waals surface area contributed by atoms with Gasteiger partial charge in [-0.15, -0.1) is 5.10 Å². The Hall–Kier alpha value is -1.53. The minimum atomic E-state index is -1.11. The van der Waals surface area contributed by atoms with Crippen molar-refractivity contribution in [2.75, 3.05) is 0 Å². The Morgan fingerprint density at radius 1 is 1.39 bits per heavy atom. The second-order valence-electron chi connectivity index (χ2n) is 4.25. The number of ketones is 1. The van der Waals surface area contributed by atoms with Gasteiger partial charge in [0.2, 0.25) is 5.78 Å². The van der Waals surface area contributed by atoms with Gasteiger partial charge in [-0.05, 0) is 28.4 Å². The highest BCUT2D eigenvalue weighted by Gasteiger charge is 2.35. The van der Waals surface area contributed by atoms with Crippen LogP contribution in [0.15, 0.2) is 34.9 Å². The van der Waals surface area contributed by atoms with Gasteiger partial charge in [0, 0.05) is 7.05 Å². The molecule has 0 aliphatic carbocycles. The zero-order valence-corrected chi connectivity index (χ0v) is 11.7. The van der Waals surface area contributed by atoms with Crippen LogP contribution in [0.25, 0.3) is 0 Å². The third-order valence-electron chi connectivity index (χ3n) is 2.85. The van der Waals surface area contributed by atoms with Crippen LogP contribution in [0.5, 0.6) is 0 Å². The molecule has 6 heteroatoms. The number of aryl methyl sites for hydroxylation is 1. The summed E-state index contributed by atoms with van der Waals surface area (Å²) in [5.74, 6) is -0.229. The predicted molar refractivity (Wildman–Crippen MR) is 71.0 cm³/mol. The van der Waals surface area contributed by atoms with Gasteiger partial charge >= 0.3 is 0 Å². The van der Waals surface area contributed by atoms with Crippen molar-refractivity contribution in [2.45, 2.75) is 12.5 Å². The molecule has 18 heavy (non-hydrogen) atoms. The van der Waals surface area contributed by atoms with Crippen LogP contribution in [-0.2, 0) is 12.6 Å². The van der Waals surface area contributed by atoms with Crippen molar-refractivity contribution in [3.8, 4) is 0 Å². The number of aromatic nitrogens is 3. The summed E-state index contributed by atoms with van der Waals surface area (Å²) in [6.07, 6.45) is 0. The van der Waals surface area contributed by atoms with Crippen molar-refractivity contribution in [1.29, 1.82) is 0 Å². The highest BCUT2D eigenvalue weighted by atomic mass is 79.9. The van der Waals surface area contributed by atoms with E-state index in [9.17, 15) is 4.79 Å². The molecular weight excluding hydrogens is 296 g/mol. The SMILES string of the molecule is Cn1nnc(Br)c1C(=O)C(C)(N)c1ccccc1. The molecular formula is C12H13BrN4O. The van der Waals surface area contributed by atoms with Gasteiger partial charge in [0.05, 0.1) is 0 Å². The zero-order chi connectivity index (χ0) is 13.3. The average molecular weight is 309 g/mol. The summed E-state index contributed by atoms with van der Waals surface area (Å²) in [7, 11) is 1.66. The topological polar surface area (TPSA) is 73.8 Å². The fourth-order valence-corrected chi connectivity index (χ4v) is 2.24. The van der Waals surface area contributed by atoms with E-state index in [4.69, 9.17) is 5.73 Å². The molecule has 1 unspecified atom stereocenters. The molecule has 94 valence electrons. The van der Waals surface area contributed by atoms with Gasteiger partial charge in [0.15, 0.2) is 4.60 Å². The van der Waals surface area contributed by atoms with Gasteiger partial charge in [0.25, 0.3) is 0 Å². The number of rotatable bonds is 3. The van der Waals surface area contributed by atoms with Crippen molar-refractivity contribution < 1.29 is 4.79 Å². The smallest absolute Gasteiger partial charge is 0.207 e. The van der Waals surface area contributed by atoms with Crippen LogP contribution in [0.2, 0.25) is 0 Å². The first-order valence-corrected chi connectivity index (χ1v) is 6.18. The average Bonchev–Trinajstić information content (AvgIpc) is 2.69. The van der Waals surface area contributed by atoms with Crippen LogP contribution >= 0.6 is 15.9 Å². The fourth-order valence-electron chi connectivity index (χ4n) is 1.73. The molecule has 0 aliphatic heterocycles. The molecule has 1 aromatic carbocycles. The summed E-state index contributed by atoms with van der Waals surface area (Å²) in [5.41, 5.74) is 6.18. The Bertz CT molecular complexity index is 558. The molecule has 2 aromatic rings. The van der Waals surface area contributed by atoms with Crippen molar-refractivity contribution >= 4 is 21.7 Å². The van der Waals surface area contributed by atoms with Crippen LogP contribution in [0.1, 0.15) is 23.0 Å². The summed E-state index contributed by atoms with van der Waals surface area (Å²) in [5, 5.41) is 7.59. The van der Waals surface area contributed by atoms with E-state index in [1.165, 1.54) is 4.68 Å². The molecule has 1 atom stereocenters. The normalized spacial score (nSPS) is 14.2. The summed E-state index contributed by atoms with van der Waals surface area (Å²) in [6, 6.07) is 9.24. The van der Waals surface area contributed by atoms with E-state index in [2.05, 4.69) is 26.2 Å². The number of carbonyl (C=O) groups is 1. The monoisotopic (exact) mass is 308 g/mol.